The van der Waals surface area contributed by atoms with Gasteiger partial charge in [-0.3, -0.25) is 0 Å². The molecule has 0 heterocycles. The van der Waals surface area contributed by atoms with Crippen LogP contribution in [0, 0.1) is 6.92 Å². The molecule has 62 valence electrons. The molecule has 0 bridgehead atoms. The zero-order valence-corrected chi connectivity index (χ0v) is 7.42. The molecule has 0 saturated heterocycles. The van der Waals surface area contributed by atoms with Crippen molar-refractivity contribution in [2.45, 2.75) is 20.3 Å². The van der Waals surface area contributed by atoms with Crippen LogP contribution in [0.15, 0.2) is 29.8 Å². The molecular weight excluding hydrogens is 148 g/mol. The van der Waals surface area contributed by atoms with Gasteiger partial charge in [0, 0.05) is 12.0 Å². The van der Waals surface area contributed by atoms with Gasteiger partial charge in [0.25, 0.3) is 0 Å². The molecule has 0 aliphatic carbocycles. The van der Waals surface area contributed by atoms with Crippen LogP contribution in [0.1, 0.15) is 18.1 Å². The van der Waals surface area contributed by atoms with Crippen molar-refractivity contribution in [3.05, 3.63) is 41.0 Å². The lowest BCUT2D eigenvalue weighted by Gasteiger charge is -1.98. The highest BCUT2D eigenvalue weighted by Crippen LogP contribution is 2.06. The third-order valence-electron chi connectivity index (χ3n) is 1.76. The monoisotopic (exact) mass is 160 g/mol. The van der Waals surface area contributed by atoms with Gasteiger partial charge < -0.3 is 0 Å². The first kappa shape index (κ1) is 8.76. The van der Waals surface area contributed by atoms with E-state index in [0.29, 0.717) is 6.42 Å². The maximum absolute atomic E-state index is 10.2. The van der Waals surface area contributed by atoms with E-state index in [1.807, 2.05) is 37.1 Å². The highest BCUT2D eigenvalue weighted by Gasteiger charge is 1.93. The van der Waals surface area contributed by atoms with Gasteiger partial charge in [-0.15, -0.1) is 0 Å². The van der Waals surface area contributed by atoms with Crippen LogP contribution in [0.2, 0.25) is 0 Å². The van der Waals surface area contributed by atoms with E-state index in [4.69, 9.17) is 0 Å². The lowest BCUT2D eigenvalue weighted by atomic mass is 10.1. The van der Waals surface area contributed by atoms with E-state index >= 15 is 0 Å². The Labute approximate surface area is 72.7 Å². The summed E-state index contributed by atoms with van der Waals surface area (Å²) in [6.07, 6.45) is 0.712. The van der Waals surface area contributed by atoms with Gasteiger partial charge in [-0.05, 0) is 19.4 Å². The smallest absolute Gasteiger partial charge is 0.123 e. The summed E-state index contributed by atoms with van der Waals surface area (Å²) >= 11 is 0. The zero-order chi connectivity index (χ0) is 8.97. The number of benzene rings is 1. The molecule has 0 saturated carbocycles. The molecule has 0 N–H and O–H groups in total. The Morgan fingerprint density at radius 2 is 1.92 bits per heavy atom. The van der Waals surface area contributed by atoms with Gasteiger partial charge >= 0.3 is 0 Å². The number of carbonyl (C=O) groups excluding carboxylic acids is 1. The number of rotatable bonds is 2. The second-order valence-electron chi connectivity index (χ2n) is 3.04. The van der Waals surface area contributed by atoms with Gasteiger partial charge in [-0.1, -0.05) is 29.8 Å². The van der Waals surface area contributed by atoms with Crippen LogP contribution in [0.5, 0.6) is 0 Å². The van der Waals surface area contributed by atoms with Crippen molar-refractivity contribution in [3.63, 3.8) is 0 Å². The van der Waals surface area contributed by atoms with E-state index in [-0.39, 0.29) is 0 Å². The standard InChI is InChI=1S/C11H12O/c1-9-3-5-11(6-4-9)7-10(2)8-12/h3-6H,7H2,1-2H3. The largest absolute Gasteiger partial charge is 0.234 e. The lowest BCUT2D eigenvalue weighted by Crippen LogP contribution is -1.86. The number of hydrogen-bond acceptors (Lipinski definition) is 1. The first-order valence-corrected chi connectivity index (χ1v) is 3.98. The highest BCUT2D eigenvalue weighted by molar-refractivity contribution is 5.52. The Morgan fingerprint density at radius 3 is 2.42 bits per heavy atom. The summed E-state index contributed by atoms with van der Waals surface area (Å²) in [6.45, 7) is 3.85. The fourth-order valence-corrected chi connectivity index (χ4v) is 1.05. The number of aryl methyl sites for hydroxylation is 1. The topological polar surface area (TPSA) is 17.1 Å². The van der Waals surface area contributed by atoms with Crippen LogP contribution in [0.25, 0.3) is 0 Å². The third-order valence-corrected chi connectivity index (χ3v) is 1.76. The summed E-state index contributed by atoms with van der Waals surface area (Å²) in [7, 11) is 0. The molecule has 0 aliphatic rings. The summed E-state index contributed by atoms with van der Waals surface area (Å²) in [5.74, 6) is 1.89. The van der Waals surface area contributed by atoms with Gasteiger partial charge in [0.15, 0.2) is 0 Å². The Hall–Kier alpha value is -1.33. The second kappa shape index (κ2) is 3.89. The summed E-state index contributed by atoms with van der Waals surface area (Å²) < 4.78 is 0. The first-order valence-electron chi connectivity index (χ1n) is 3.98. The molecule has 1 heteroatoms. The number of hydrogen-bond donors (Lipinski definition) is 0. The summed E-state index contributed by atoms with van der Waals surface area (Å²) in [4.78, 5) is 10.2. The van der Waals surface area contributed by atoms with Crippen LogP contribution < -0.4 is 0 Å². The maximum atomic E-state index is 10.2. The van der Waals surface area contributed by atoms with Crippen LogP contribution in [-0.4, -0.2) is 5.94 Å². The quantitative estimate of drug-likeness (QED) is 0.607. The van der Waals surface area contributed by atoms with E-state index in [0.717, 1.165) is 5.57 Å². The van der Waals surface area contributed by atoms with Gasteiger partial charge in [0.05, 0.1) is 0 Å². The van der Waals surface area contributed by atoms with Gasteiger partial charge in [0.1, 0.15) is 5.94 Å². The van der Waals surface area contributed by atoms with Crippen LogP contribution in [0.3, 0.4) is 0 Å². The Bertz CT molecular complexity index is 302. The maximum Gasteiger partial charge on any atom is 0.123 e. The molecule has 1 nitrogen and oxygen atoms in total. The minimum atomic E-state index is 0.712. The minimum absolute atomic E-state index is 0.712. The number of allylic oxidation sites excluding steroid dienone is 1. The molecule has 0 fully saturated rings. The Morgan fingerprint density at radius 1 is 1.33 bits per heavy atom. The van der Waals surface area contributed by atoms with E-state index in [1.165, 1.54) is 11.1 Å². The zero-order valence-electron chi connectivity index (χ0n) is 7.42. The van der Waals surface area contributed by atoms with E-state index in [9.17, 15) is 4.79 Å². The van der Waals surface area contributed by atoms with Crippen LogP contribution in [0.4, 0.5) is 0 Å². The molecule has 1 aromatic rings. The Balaban J connectivity index is 2.78. The van der Waals surface area contributed by atoms with E-state index in [2.05, 4.69) is 0 Å². The predicted molar refractivity (Wildman–Crippen MR) is 49.8 cm³/mol. The normalized spacial score (nSPS) is 9.17. The highest BCUT2D eigenvalue weighted by atomic mass is 16.1. The van der Waals surface area contributed by atoms with Crippen molar-refractivity contribution < 1.29 is 4.79 Å². The van der Waals surface area contributed by atoms with Crippen molar-refractivity contribution in [3.8, 4) is 0 Å². The van der Waals surface area contributed by atoms with Crippen molar-refractivity contribution in [2.75, 3.05) is 0 Å². The van der Waals surface area contributed by atoms with Crippen molar-refractivity contribution >= 4 is 5.94 Å². The van der Waals surface area contributed by atoms with Gasteiger partial charge in [0.2, 0.25) is 0 Å². The fourth-order valence-electron chi connectivity index (χ4n) is 1.05. The molecule has 0 unspecified atom stereocenters. The molecule has 1 aromatic carbocycles. The molecule has 0 atom stereocenters. The summed E-state index contributed by atoms with van der Waals surface area (Å²) in [5, 5.41) is 0. The van der Waals surface area contributed by atoms with E-state index in [1.54, 1.807) is 6.92 Å². The molecule has 0 spiro atoms. The predicted octanol–water partition coefficient (Wildman–Crippen LogP) is 2.32. The second-order valence-corrected chi connectivity index (χ2v) is 3.04. The summed E-state index contributed by atoms with van der Waals surface area (Å²) in [6, 6.07) is 8.17. The first-order chi connectivity index (χ1) is 5.72. The summed E-state index contributed by atoms with van der Waals surface area (Å²) in [5.41, 5.74) is 3.16. The van der Waals surface area contributed by atoms with Crippen molar-refractivity contribution in [2.24, 2.45) is 0 Å². The van der Waals surface area contributed by atoms with E-state index < -0.39 is 0 Å². The third kappa shape index (κ3) is 2.37. The van der Waals surface area contributed by atoms with Crippen LogP contribution in [-0.2, 0) is 11.2 Å². The Kier molecular flexibility index (Phi) is 2.84. The molecule has 0 radical (unpaired) electrons. The molecule has 0 amide bonds. The molecule has 0 aromatic heterocycles. The van der Waals surface area contributed by atoms with Crippen molar-refractivity contribution in [1.82, 2.24) is 0 Å². The molecule has 1 rings (SSSR count). The average molecular weight is 160 g/mol. The molecular formula is C11H12O. The van der Waals surface area contributed by atoms with Crippen molar-refractivity contribution in [1.29, 1.82) is 0 Å². The lowest BCUT2D eigenvalue weighted by molar-refractivity contribution is 0.566. The van der Waals surface area contributed by atoms with Gasteiger partial charge in [-0.25, -0.2) is 4.79 Å². The average Bonchev–Trinajstić information content (AvgIpc) is 2.09. The fraction of sp³-hybridized carbons (Fsp3) is 0.273. The van der Waals surface area contributed by atoms with Gasteiger partial charge in [-0.2, -0.15) is 0 Å². The molecule has 12 heavy (non-hydrogen) atoms. The van der Waals surface area contributed by atoms with Crippen LogP contribution >= 0.6 is 0 Å². The minimum Gasteiger partial charge on any atom is -0.234 e. The molecule has 0 aliphatic heterocycles. The SMILES string of the molecule is CC(=C=O)Cc1ccc(C)cc1.